The minimum Gasteiger partial charge on any atom is -0.394 e. The van der Waals surface area contributed by atoms with E-state index in [-0.39, 0.29) is 36.3 Å². The van der Waals surface area contributed by atoms with Crippen molar-refractivity contribution in [3.63, 3.8) is 0 Å². The van der Waals surface area contributed by atoms with Gasteiger partial charge in [-0.3, -0.25) is 9.59 Å². The number of amides is 1. The summed E-state index contributed by atoms with van der Waals surface area (Å²) in [5.41, 5.74) is -0.225. The Morgan fingerprint density at radius 3 is 2.94 bits per heavy atom. The molecule has 7 nitrogen and oxygen atoms in total. The van der Waals surface area contributed by atoms with E-state index in [1.165, 1.54) is 13.2 Å². The number of hydrogen-bond donors (Lipinski definition) is 3. The number of nitrogens with zero attached hydrogens (tertiary/aromatic N) is 2. The Labute approximate surface area is 102 Å². The molecule has 1 aromatic heterocycles. The van der Waals surface area contributed by atoms with E-state index in [4.69, 9.17) is 16.7 Å². The van der Waals surface area contributed by atoms with Gasteiger partial charge in [0.1, 0.15) is 5.02 Å². The summed E-state index contributed by atoms with van der Waals surface area (Å²) in [7, 11) is 1.50. The van der Waals surface area contributed by atoms with Crippen molar-refractivity contribution in [2.24, 2.45) is 0 Å². The zero-order valence-electron chi connectivity index (χ0n) is 9.23. The summed E-state index contributed by atoms with van der Waals surface area (Å²) in [6, 6.07) is 0. The third kappa shape index (κ3) is 3.43. The monoisotopic (exact) mass is 260 g/mol. The molecule has 0 bridgehead atoms. The minimum absolute atomic E-state index is 0.00134. The predicted octanol–water partition coefficient (Wildman–Crippen LogP) is -0.953. The van der Waals surface area contributed by atoms with Crippen LogP contribution in [0, 0.1) is 0 Å². The van der Waals surface area contributed by atoms with Crippen molar-refractivity contribution in [1.29, 1.82) is 0 Å². The molecule has 17 heavy (non-hydrogen) atoms. The smallest absolute Gasteiger partial charge is 0.287 e. The lowest BCUT2D eigenvalue weighted by molar-refractivity contribution is -0.118. The zero-order valence-corrected chi connectivity index (χ0v) is 9.99. The van der Waals surface area contributed by atoms with Crippen LogP contribution in [0.25, 0.3) is 0 Å². The lowest BCUT2D eigenvalue weighted by Gasteiger charge is -2.08. The van der Waals surface area contributed by atoms with Crippen LogP contribution in [0.5, 0.6) is 0 Å². The maximum atomic E-state index is 11.6. The van der Waals surface area contributed by atoms with Crippen LogP contribution < -0.4 is 16.2 Å². The SMILES string of the molecule is CNC(=O)CNc1cnn(CCO)c(=O)c1Cl. The van der Waals surface area contributed by atoms with Crippen molar-refractivity contribution in [2.75, 3.05) is 25.5 Å². The molecule has 0 aromatic carbocycles. The van der Waals surface area contributed by atoms with E-state index in [0.717, 1.165) is 4.68 Å². The molecule has 0 radical (unpaired) electrons. The molecule has 0 fully saturated rings. The number of rotatable bonds is 5. The zero-order chi connectivity index (χ0) is 12.8. The molecule has 1 amide bonds. The summed E-state index contributed by atoms with van der Waals surface area (Å²) in [4.78, 5) is 22.6. The van der Waals surface area contributed by atoms with E-state index in [1.807, 2.05) is 0 Å². The molecule has 0 saturated carbocycles. The van der Waals surface area contributed by atoms with Crippen LogP contribution in [0.4, 0.5) is 5.69 Å². The second kappa shape index (κ2) is 6.21. The van der Waals surface area contributed by atoms with E-state index in [0.29, 0.717) is 0 Å². The summed E-state index contributed by atoms with van der Waals surface area (Å²) in [5.74, 6) is -0.236. The van der Waals surface area contributed by atoms with Gasteiger partial charge in [-0.25, -0.2) is 4.68 Å². The Balaban J connectivity index is 2.85. The molecule has 1 aromatic rings. The number of carbonyl (C=O) groups is 1. The number of carbonyl (C=O) groups excluding carboxylic acids is 1. The number of hydrogen-bond acceptors (Lipinski definition) is 5. The van der Waals surface area contributed by atoms with E-state index in [2.05, 4.69) is 15.7 Å². The van der Waals surface area contributed by atoms with Gasteiger partial charge in [0, 0.05) is 7.05 Å². The van der Waals surface area contributed by atoms with E-state index in [9.17, 15) is 9.59 Å². The molecule has 8 heteroatoms. The lowest BCUT2D eigenvalue weighted by Crippen LogP contribution is -2.29. The van der Waals surface area contributed by atoms with Gasteiger partial charge in [-0.1, -0.05) is 11.6 Å². The first kappa shape index (κ1) is 13.5. The van der Waals surface area contributed by atoms with Gasteiger partial charge in [-0.05, 0) is 0 Å². The highest BCUT2D eigenvalue weighted by Gasteiger charge is 2.09. The molecule has 0 saturated heterocycles. The van der Waals surface area contributed by atoms with E-state index >= 15 is 0 Å². The van der Waals surface area contributed by atoms with Crippen LogP contribution in [-0.2, 0) is 11.3 Å². The molecule has 1 rings (SSSR count). The molecule has 0 unspecified atom stereocenters. The Kier molecular flexibility index (Phi) is 4.92. The standard InChI is InChI=1S/C9H13ClN4O3/c1-11-7(16)5-12-6-4-13-14(2-3-15)9(17)8(6)10/h4,12,15H,2-3,5H2,1H3,(H,11,16). The Morgan fingerprint density at radius 2 is 2.35 bits per heavy atom. The fraction of sp³-hybridized carbons (Fsp3) is 0.444. The molecule has 0 aliphatic carbocycles. The molecule has 0 aliphatic rings. The van der Waals surface area contributed by atoms with Crippen molar-refractivity contribution in [2.45, 2.75) is 6.54 Å². The first-order valence-electron chi connectivity index (χ1n) is 4.91. The summed E-state index contributed by atoms with van der Waals surface area (Å²) >= 11 is 5.81. The molecule has 1 heterocycles. The molecule has 94 valence electrons. The van der Waals surface area contributed by atoms with Crippen LogP contribution in [0.1, 0.15) is 0 Å². The van der Waals surface area contributed by atoms with Gasteiger partial charge >= 0.3 is 0 Å². The molecular weight excluding hydrogens is 248 g/mol. The summed E-state index contributed by atoms with van der Waals surface area (Å²) in [6.45, 7) is -0.121. The van der Waals surface area contributed by atoms with Gasteiger partial charge < -0.3 is 15.7 Å². The largest absolute Gasteiger partial charge is 0.394 e. The van der Waals surface area contributed by atoms with Gasteiger partial charge in [-0.15, -0.1) is 0 Å². The van der Waals surface area contributed by atoms with Gasteiger partial charge in [-0.2, -0.15) is 5.10 Å². The molecule has 0 atom stereocenters. The Bertz CT molecular complexity index is 460. The van der Waals surface area contributed by atoms with Crippen LogP contribution in [0.3, 0.4) is 0 Å². The Morgan fingerprint density at radius 1 is 1.65 bits per heavy atom. The van der Waals surface area contributed by atoms with Crippen molar-refractivity contribution >= 4 is 23.2 Å². The molecule has 0 aliphatic heterocycles. The predicted molar refractivity (Wildman–Crippen MR) is 63.1 cm³/mol. The fourth-order valence-corrected chi connectivity index (χ4v) is 1.32. The first-order valence-corrected chi connectivity index (χ1v) is 5.29. The number of aliphatic hydroxyl groups excluding tert-OH is 1. The Hall–Kier alpha value is -1.60. The number of anilines is 1. The summed E-state index contributed by atoms with van der Waals surface area (Å²) < 4.78 is 1.05. The van der Waals surface area contributed by atoms with Crippen LogP contribution >= 0.6 is 11.6 Å². The highest BCUT2D eigenvalue weighted by Crippen LogP contribution is 2.14. The average molecular weight is 261 g/mol. The van der Waals surface area contributed by atoms with Crippen molar-refractivity contribution in [1.82, 2.24) is 15.1 Å². The normalized spacial score (nSPS) is 10.1. The third-order valence-electron chi connectivity index (χ3n) is 2.01. The minimum atomic E-state index is -0.511. The number of aromatic nitrogens is 2. The second-order valence-corrected chi connectivity index (χ2v) is 3.53. The van der Waals surface area contributed by atoms with Gasteiger partial charge in [0.25, 0.3) is 5.56 Å². The topological polar surface area (TPSA) is 96.2 Å². The highest BCUT2D eigenvalue weighted by atomic mass is 35.5. The van der Waals surface area contributed by atoms with Gasteiger partial charge in [0.15, 0.2) is 0 Å². The third-order valence-corrected chi connectivity index (χ3v) is 2.38. The average Bonchev–Trinajstić information content (AvgIpc) is 2.34. The maximum Gasteiger partial charge on any atom is 0.287 e. The fourth-order valence-electron chi connectivity index (χ4n) is 1.11. The quantitative estimate of drug-likeness (QED) is 0.634. The number of likely N-dealkylation sites (N-methyl/N-ethyl adjacent to an activating group) is 1. The summed E-state index contributed by atoms with van der Waals surface area (Å²) in [5, 5.41) is 17.6. The maximum absolute atomic E-state index is 11.6. The second-order valence-electron chi connectivity index (χ2n) is 3.15. The highest BCUT2D eigenvalue weighted by molar-refractivity contribution is 6.33. The van der Waals surface area contributed by atoms with Crippen molar-refractivity contribution in [3.05, 3.63) is 21.6 Å². The molecular formula is C9H13ClN4O3. The van der Waals surface area contributed by atoms with E-state index < -0.39 is 5.56 Å². The lowest BCUT2D eigenvalue weighted by atomic mass is 10.4. The number of nitrogens with one attached hydrogen (secondary N) is 2. The number of halogens is 1. The van der Waals surface area contributed by atoms with Crippen LogP contribution in [0.2, 0.25) is 5.02 Å². The van der Waals surface area contributed by atoms with Crippen LogP contribution in [0.15, 0.2) is 11.0 Å². The number of aliphatic hydroxyl groups is 1. The van der Waals surface area contributed by atoms with Crippen molar-refractivity contribution in [3.8, 4) is 0 Å². The molecule has 0 spiro atoms. The van der Waals surface area contributed by atoms with Gasteiger partial charge in [0.05, 0.1) is 31.6 Å². The first-order chi connectivity index (χ1) is 8.10. The van der Waals surface area contributed by atoms with Gasteiger partial charge in [0.2, 0.25) is 5.91 Å². The van der Waals surface area contributed by atoms with E-state index in [1.54, 1.807) is 0 Å². The molecule has 3 N–H and O–H groups in total. The summed E-state index contributed by atoms with van der Waals surface area (Å²) in [6.07, 6.45) is 1.34. The van der Waals surface area contributed by atoms with Crippen LogP contribution in [-0.4, -0.2) is 41.0 Å². The van der Waals surface area contributed by atoms with Crippen molar-refractivity contribution < 1.29 is 9.90 Å².